The van der Waals surface area contributed by atoms with Crippen molar-refractivity contribution in [1.29, 1.82) is 0 Å². The second-order valence-corrected chi connectivity index (χ2v) is 2.99. The van der Waals surface area contributed by atoms with Gasteiger partial charge in [0.15, 0.2) is 0 Å². The van der Waals surface area contributed by atoms with Gasteiger partial charge in [-0.1, -0.05) is 11.6 Å². The van der Waals surface area contributed by atoms with E-state index >= 15 is 0 Å². The first-order valence-electron chi connectivity index (χ1n) is 3.87. The van der Waals surface area contributed by atoms with Gasteiger partial charge in [0, 0.05) is 6.07 Å². The number of methoxy groups -OCH3 is 2. The molecule has 7 heteroatoms. The van der Waals surface area contributed by atoms with Crippen molar-refractivity contribution in [1.82, 2.24) is 0 Å². The van der Waals surface area contributed by atoms with Gasteiger partial charge < -0.3 is 15.2 Å². The molecule has 0 amide bonds. The minimum absolute atomic E-state index is 0.0102. The molecule has 1 aromatic rings. The molecule has 0 bridgehead atoms. The maximum absolute atomic E-state index is 10.7. The number of ether oxygens (including phenoxy) is 2. The summed E-state index contributed by atoms with van der Waals surface area (Å²) in [6.45, 7) is 0. The fraction of sp³-hybridized carbons (Fsp3) is 0.250. The second-order valence-electron chi connectivity index (χ2n) is 2.61. The number of halogens is 1. The summed E-state index contributed by atoms with van der Waals surface area (Å²) in [5.74, 6) is 0.249. The van der Waals surface area contributed by atoms with Crippen molar-refractivity contribution in [2.75, 3.05) is 20.0 Å². The van der Waals surface area contributed by atoms with Crippen molar-refractivity contribution < 1.29 is 14.4 Å². The molecule has 0 aromatic heterocycles. The number of nitro benzene ring substituents is 1. The number of nitro groups is 1. The Balaban J connectivity index is 3.51. The number of hydrogen-bond donors (Lipinski definition) is 1. The van der Waals surface area contributed by atoms with E-state index in [0.717, 1.165) is 0 Å². The summed E-state index contributed by atoms with van der Waals surface area (Å²) >= 11 is 5.73. The molecule has 0 saturated heterocycles. The third-order valence-electron chi connectivity index (χ3n) is 1.83. The number of nitrogens with two attached hydrogens (primary N) is 1. The van der Waals surface area contributed by atoms with Gasteiger partial charge in [-0.2, -0.15) is 0 Å². The Labute approximate surface area is 90.7 Å². The van der Waals surface area contributed by atoms with Gasteiger partial charge in [-0.05, 0) is 0 Å². The van der Waals surface area contributed by atoms with Gasteiger partial charge in [0.05, 0.1) is 19.1 Å². The number of hydrogen-bond acceptors (Lipinski definition) is 5. The normalized spacial score (nSPS) is 9.80. The molecule has 6 nitrogen and oxygen atoms in total. The molecule has 82 valence electrons. The Morgan fingerprint density at radius 2 is 1.93 bits per heavy atom. The molecule has 0 aliphatic rings. The largest absolute Gasteiger partial charge is 0.494 e. The molecule has 0 unspecified atom stereocenters. The molecule has 0 saturated carbocycles. The minimum Gasteiger partial charge on any atom is -0.494 e. The molecule has 1 rings (SSSR count). The van der Waals surface area contributed by atoms with Crippen LogP contribution in [0.4, 0.5) is 11.4 Å². The Morgan fingerprint density at radius 3 is 2.33 bits per heavy atom. The summed E-state index contributed by atoms with van der Waals surface area (Å²) in [5, 5.41) is 10.5. The van der Waals surface area contributed by atoms with Crippen LogP contribution in [0, 0.1) is 10.1 Å². The summed E-state index contributed by atoms with van der Waals surface area (Å²) in [6, 6.07) is 1.32. The van der Waals surface area contributed by atoms with E-state index in [4.69, 9.17) is 26.8 Å². The molecular weight excluding hydrogens is 224 g/mol. The van der Waals surface area contributed by atoms with E-state index in [2.05, 4.69) is 0 Å². The van der Waals surface area contributed by atoms with Crippen molar-refractivity contribution in [2.45, 2.75) is 0 Å². The van der Waals surface area contributed by atoms with Crippen LogP contribution in [0.15, 0.2) is 6.07 Å². The zero-order valence-corrected chi connectivity index (χ0v) is 8.87. The van der Waals surface area contributed by atoms with Gasteiger partial charge in [0.1, 0.15) is 16.5 Å². The van der Waals surface area contributed by atoms with E-state index in [1.54, 1.807) is 0 Å². The average molecular weight is 233 g/mol. The number of rotatable bonds is 3. The van der Waals surface area contributed by atoms with Crippen LogP contribution in [0.25, 0.3) is 0 Å². The monoisotopic (exact) mass is 232 g/mol. The van der Waals surface area contributed by atoms with Crippen LogP contribution in [-0.4, -0.2) is 19.1 Å². The first-order valence-corrected chi connectivity index (χ1v) is 4.25. The lowest BCUT2D eigenvalue weighted by molar-refractivity contribution is -0.385. The van der Waals surface area contributed by atoms with Gasteiger partial charge in [-0.3, -0.25) is 10.1 Å². The Hall–Kier alpha value is -1.69. The van der Waals surface area contributed by atoms with Crippen molar-refractivity contribution in [3.05, 3.63) is 21.2 Å². The van der Waals surface area contributed by atoms with Crippen molar-refractivity contribution >= 4 is 23.0 Å². The smallest absolute Gasteiger partial charge is 0.331 e. The van der Waals surface area contributed by atoms with E-state index in [-0.39, 0.29) is 27.9 Å². The van der Waals surface area contributed by atoms with Crippen LogP contribution in [0.1, 0.15) is 0 Å². The lowest BCUT2D eigenvalue weighted by Gasteiger charge is -2.09. The Morgan fingerprint density at radius 1 is 1.40 bits per heavy atom. The van der Waals surface area contributed by atoms with Gasteiger partial charge in [0.2, 0.25) is 5.75 Å². The van der Waals surface area contributed by atoms with Crippen LogP contribution in [0.3, 0.4) is 0 Å². The second kappa shape index (κ2) is 4.22. The molecule has 2 N–H and O–H groups in total. The SMILES string of the molecule is COc1cc(OC)c([N+](=O)[O-])c(Cl)c1N. The molecule has 0 radical (unpaired) electrons. The predicted molar refractivity (Wildman–Crippen MR) is 55.6 cm³/mol. The quantitative estimate of drug-likeness (QED) is 0.488. The average Bonchev–Trinajstić information content (AvgIpc) is 2.20. The van der Waals surface area contributed by atoms with Gasteiger partial charge in [-0.25, -0.2) is 0 Å². The van der Waals surface area contributed by atoms with Crippen molar-refractivity contribution in [3.63, 3.8) is 0 Å². The Kier molecular flexibility index (Phi) is 3.21. The lowest BCUT2D eigenvalue weighted by Crippen LogP contribution is -2.00. The highest BCUT2D eigenvalue weighted by Crippen LogP contribution is 2.43. The number of nitrogen functional groups attached to an aromatic ring is 1. The van der Waals surface area contributed by atoms with E-state index in [0.29, 0.717) is 0 Å². The molecule has 0 fully saturated rings. The molecule has 15 heavy (non-hydrogen) atoms. The number of anilines is 1. The third kappa shape index (κ3) is 1.89. The summed E-state index contributed by atoms with van der Waals surface area (Å²) in [7, 11) is 2.68. The molecule has 0 spiro atoms. The number of benzene rings is 1. The fourth-order valence-corrected chi connectivity index (χ4v) is 1.36. The predicted octanol–water partition coefficient (Wildman–Crippen LogP) is 1.85. The standard InChI is InChI=1S/C8H9ClN2O4/c1-14-4-3-5(15-2)8(11(12)13)6(9)7(4)10/h3H,10H2,1-2H3. The zero-order valence-electron chi connectivity index (χ0n) is 8.11. The van der Waals surface area contributed by atoms with E-state index in [1.165, 1.54) is 20.3 Å². The third-order valence-corrected chi connectivity index (χ3v) is 2.21. The molecule has 0 heterocycles. The van der Waals surface area contributed by atoms with Crippen molar-refractivity contribution in [2.24, 2.45) is 0 Å². The van der Waals surface area contributed by atoms with Crippen LogP contribution in [0.2, 0.25) is 5.02 Å². The first kappa shape index (κ1) is 11.4. The van der Waals surface area contributed by atoms with Crippen LogP contribution in [0.5, 0.6) is 11.5 Å². The molecule has 0 aliphatic heterocycles. The van der Waals surface area contributed by atoms with Gasteiger partial charge >= 0.3 is 5.69 Å². The highest BCUT2D eigenvalue weighted by atomic mass is 35.5. The van der Waals surface area contributed by atoms with E-state index in [1.807, 2.05) is 0 Å². The topological polar surface area (TPSA) is 87.6 Å². The first-order chi connectivity index (χ1) is 7.02. The molecule has 1 aromatic carbocycles. The van der Waals surface area contributed by atoms with Gasteiger partial charge in [0.25, 0.3) is 0 Å². The summed E-state index contributed by atoms with van der Waals surface area (Å²) < 4.78 is 9.71. The highest BCUT2D eigenvalue weighted by Gasteiger charge is 2.25. The summed E-state index contributed by atoms with van der Waals surface area (Å²) in [6.07, 6.45) is 0. The van der Waals surface area contributed by atoms with Crippen molar-refractivity contribution in [3.8, 4) is 11.5 Å². The molecule has 0 aliphatic carbocycles. The van der Waals surface area contributed by atoms with Crippen LogP contribution < -0.4 is 15.2 Å². The Bertz CT molecular complexity index is 408. The number of nitrogens with zero attached hydrogens (tertiary/aromatic N) is 1. The minimum atomic E-state index is -0.656. The lowest BCUT2D eigenvalue weighted by atomic mass is 10.2. The van der Waals surface area contributed by atoms with Crippen LogP contribution >= 0.6 is 11.6 Å². The maximum atomic E-state index is 10.7. The molecule has 0 atom stereocenters. The summed E-state index contributed by atoms with van der Waals surface area (Å²) in [5.41, 5.74) is 5.19. The maximum Gasteiger partial charge on any atom is 0.331 e. The van der Waals surface area contributed by atoms with E-state index < -0.39 is 4.92 Å². The van der Waals surface area contributed by atoms with Crippen LogP contribution in [-0.2, 0) is 0 Å². The fourth-order valence-electron chi connectivity index (χ4n) is 1.10. The summed E-state index contributed by atoms with van der Waals surface area (Å²) in [4.78, 5) is 10.0. The molecular formula is C8H9ClN2O4. The van der Waals surface area contributed by atoms with E-state index in [9.17, 15) is 10.1 Å². The highest BCUT2D eigenvalue weighted by molar-refractivity contribution is 6.35. The zero-order chi connectivity index (χ0) is 11.6. The van der Waals surface area contributed by atoms with Gasteiger partial charge in [-0.15, -0.1) is 0 Å².